The van der Waals surface area contributed by atoms with Gasteiger partial charge >= 0.3 is 0 Å². The second kappa shape index (κ2) is 13.2. The average molecular weight is 548 g/mol. The molecule has 6 heteroatoms. The van der Waals surface area contributed by atoms with Crippen LogP contribution in [0.4, 0.5) is 0 Å². The molecular weight excluding hydrogens is 510 g/mol. The number of aromatic amines is 1. The standard InChI is InChI=1S/C35H37N3O3/c1-3-20-38(35(40)29-16-15-27-9-5-6-10-28(27)22-29)25-34(39)37(24-26-13-17-31(18-14-26)41-4-2)21-19-30-23-36-33-12-8-7-11-32(30)33/h5-18,22-23,36H,3-4,19-21,24-25H2,1-2H3. The largest absolute Gasteiger partial charge is 0.494 e. The highest BCUT2D eigenvalue weighted by molar-refractivity contribution is 6.00. The molecule has 5 rings (SSSR count). The van der Waals surface area contributed by atoms with Crippen molar-refractivity contribution in [1.29, 1.82) is 0 Å². The van der Waals surface area contributed by atoms with Crippen molar-refractivity contribution in [2.45, 2.75) is 33.2 Å². The van der Waals surface area contributed by atoms with E-state index in [-0.39, 0.29) is 18.4 Å². The first kappa shape index (κ1) is 28.0. The van der Waals surface area contributed by atoms with Crippen molar-refractivity contribution in [1.82, 2.24) is 14.8 Å². The van der Waals surface area contributed by atoms with Crippen LogP contribution in [0.3, 0.4) is 0 Å². The number of carbonyl (C=O) groups is 2. The van der Waals surface area contributed by atoms with Crippen LogP contribution in [-0.4, -0.2) is 52.8 Å². The Kier molecular flexibility index (Phi) is 8.99. The third-order valence-corrected chi connectivity index (χ3v) is 7.39. The molecule has 0 spiro atoms. The van der Waals surface area contributed by atoms with E-state index in [9.17, 15) is 9.59 Å². The Balaban J connectivity index is 1.36. The average Bonchev–Trinajstić information content (AvgIpc) is 3.42. The Bertz CT molecular complexity index is 1620. The maximum absolute atomic E-state index is 13.9. The predicted octanol–water partition coefficient (Wildman–Crippen LogP) is 6.84. The van der Waals surface area contributed by atoms with E-state index < -0.39 is 0 Å². The zero-order valence-corrected chi connectivity index (χ0v) is 23.8. The molecule has 41 heavy (non-hydrogen) atoms. The van der Waals surface area contributed by atoms with Crippen LogP contribution in [0.15, 0.2) is 97.2 Å². The summed E-state index contributed by atoms with van der Waals surface area (Å²) in [6.45, 7) is 6.13. The van der Waals surface area contributed by atoms with Gasteiger partial charge in [-0.1, -0.05) is 67.6 Å². The van der Waals surface area contributed by atoms with Gasteiger partial charge in [0, 0.05) is 42.3 Å². The Morgan fingerprint density at radius 2 is 1.56 bits per heavy atom. The number of rotatable bonds is 12. The fraction of sp³-hybridized carbons (Fsp3) is 0.257. The molecule has 0 saturated carbocycles. The summed E-state index contributed by atoms with van der Waals surface area (Å²) in [5.74, 6) is 0.618. The SMILES string of the molecule is CCCN(CC(=O)N(CCc1c[nH]c2ccccc12)Cc1ccc(OCC)cc1)C(=O)c1ccc2ccccc2c1. The highest BCUT2D eigenvalue weighted by atomic mass is 16.5. The van der Waals surface area contributed by atoms with E-state index in [0.717, 1.165) is 34.0 Å². The zero-order valence-electron chi connectivity index (χ0n) is 23.8. The van der Waals surface area contributed by atoms with E-state index in [1.165, 1.54) is 10.9 Å². The minimum absolute atomic E-state index is 0.0322. The van der Waals surface area contributed by atoms with Gasteiger partial charge in [0.05, 0.1) is 6.61 Å². The lowest BCUT2D eigenvalue weighted by Crippen LogP contribution is -2.43. The summed E-state index contributed by atoms with van der Waals surface area (Å²) >= 11 is 0. The topological polar surface area (TPSA) is 65.6 Å². The maximum atomic E-state index is 13.9. The molecule has 5 aromatic rings. The molecule has 1 N–H and O–H groups in total. The fourth-order valence-electron chi connectivity index (χ4n) is 5.25. The van der Waals surface area contributed by atoms with E-state index in [1.54, 1.807) is 4.90 Å². The van der Waals surface area contributed by atoms with Crippen molar-refractivity contribution in [3.8, 4) is 5.75 Å². The van der Waals surface area contributed by atoms with Crippen molar-refractivity contribution in [3.63, 3.8) is 0 Å². The number of nitrogens with zero attached hydrogens (tertiary/aromatic N) is 2. The monoisotopic (exact) mass is 547 g/mol. The van der Waals surface area contributed by atoms with Gasteiger partial charge in [-0.25, -0.2) is 0 Å². The summed E-state index contributed by atoms with van der Waals surface area (Å²) in [4.78, 5) is 34.4. The van der Waals surface area contributed by atoms with Crippen LogP contribution < -0.4 is 4.74 Å². The molecule has 0 aliphatic rings. The Morgan fingerprint density at radius 3 is 2.34 bits per heavy atom. The Labute approximate surface area is 241 Å². The smallest absolute Gasteiger partial charge is 0.254 e. The third-order valence-electron chi connectivity index (χ3n) is 7.39. The summed E-state index contributed by atoms with van der Waals surface area (Å²) in [5, 5.41) is 3.26. The van der Waals surface area contributed by atoms with Crippen LogP contribution >= 0.6 is 0 Å². The first-order valence-corrected chi connectivity index (χ1v) is 14.4. The Morgan fingerprint density at radius 1 is 0.805 bits per heavy atom. The molecule has 0 radical (unpaired) electrons. The molecule has 4 aromatic carbocycles. The first-order chi connectivity index (χ1) is 20.1. The lowest BCUT2D eigenvalue weighted by atomic mass is 10.1. The molecule has 0 aliphatic carbocycles. The van der Waals surface area contributed by atoms with Crippen molar-refractivity contribution < 1.29 is 14.3 Å². The summed E-state index contributed by atoms with van der Waals surface area (Å²) in [6.07, 6.45) is 3.50. The van der Waals surface area contributed by atoms with Gasteiger partial charge in [-0.3, -0.25) is 9.59 Å². The number of benzene rings is 4. The number of nitrogens with one attached hydrogen (secondary N) is 1. The fourth-order valence-corrected chi connectivity index (χ4v) is 5.25. The number of ether oxygens (including phenoxy) is 1. The van der Waals surface area contributed by atoms with E-state index >= 15 is 0 Å². The third kappa shape index (κ3) is 6.77. The second-order valence-corrected chi connectivity index (χ2v) is 10.3. The molecule has 6 nitrogen and oxygen atoms in total. The van der Waals surface area contributed by atoms with Crippen LogP contribution in [0.1, 0.15) is 41.8 Å². The van der Waals surface area contributed by atoms with Crippen LogP contribution in [0.25, 0.3) is 21.7 Å². The highest BCUT2D eigenvalue weighted by Crippen LogP contribution is 2.21. The normalized spacial score (nSPS) is 11.1. The number of fused-ring (bicyclic) bond motifs is 2. The molecular formula is C35H37N3O3. The van der Waals surface area contributed by atoms with Crippen LogP contribution in [0, 0.1) is 0 Å². The van der Waals surface area contributed by atoms with Gasteiger partial charge in [-0.15, -0.1) is 0 Å². The van der Waals surface area contributed by atoms with Gasteiger partial charge < -0.3 is 19.5 Å². The van der Waals surface area contributed by atoms with E-state index in [2.05, 4.69) is 17.1 Å². The summed E-state index contributed by atoms with van der Waals surface area (Å²) in [6, 6.07) is 29.8. The zero-order chi connectivity index (χ0) is 28.6. The molecule has 0 fully saturated rings. The second-order valence-electron chi connectivity index (χ2n) is 10.3. The van der Waals surface area contributed by atoms with Gasteiger partial charge in [0.1, 0.15) is 12.3 Å². The van der Waals surface area contributed by atoms with Gasteiger partial charge in [0.25, 0.3) is 5.91 Å². The number of amides is 2. The molecule has 210 valence electrons. The predicted molar refractivity (Wildman–Crippen MR) is 165 cm³/mol. The molecule has 2 amide bonds. The molecule has 1 aromatic heterocycles. The number of aromatic nitrogens is 1. The van der Waals surface area contributed by atoms with Crippen molar-refractivity contribution in [2.24, 2.45) is 0 Å². The number of para-hydroxylation sites is 1. The molecule has 0 atom stereocenters. The van der Waals surface area contributed by atoms with Gasteiger partial charge in [-0.2, -0.15) is 0 Å². The van der Waals surface area contributed by atoms with Gasteiger partial charge in [0.15, 0.2) is 0 Å². The van der Waals surface area contributed by atoms with Crippen LogP contribution in [-0.2, 0) is 17.8 Å². The molecule has 0 unspecified atom stereocenters. The van der Waals surface area contributed by atoms with Crippen LogP contribution in [0.5, 0.6) is 5.75 Å². The minimum Gasteiger partial charge on any atom is -0.494 e. The molecule has 0 aliphatic heterocycles. The number of carbonyl (C=O) groups excluding carboxylic acids is 2. The summed E-state index contributed by atoms with van der Waals surface area (Å²) in [5.41, 5.74) is 3.87. The lowest BCUT2D eigenvalue weighted by Gasteiger charge is -2.28. The summed E-state index contributed by atoms with van der Waals surface area (Å²) in [7, 11) is 0. The molecule has 0 saturated heterocycles. The number of H-pyrrole nitrogens is 1. The minimum atomic E-state index is -0.122. The van der Waals surface area contributed by atoms with Gasteiger partial charge in [0.2, 0.25) is 5.91 Å². The lowest BCUT2D eigenvalue weighted by molar-refractivity contribution is -0.132. The highest BCUT2D eigenvalue weighted by Gasteiger charge is 2.23. The molecule has 0 bridgehead atoms. The summed E-state index contributed by atoms with van der Waals surface area (Å²) < 4.78 is 5.60. The number of hydrogen-bond donors (Lipinski definition) is 1. The Hall–Kier alpha value is -4.58. The quantitative estimate of drug-likeness (QED) is 0.186. The van der Waals surface area contributed by atoms with Gasteiger partial charge in [-0.05, 0) is 72.0 Å². The first-order valence-electron chi connectivity index (χ1n) is 14.4. The number of hydrogen-bond acceptors (Lipinski definition) is 3. The van der Waals surface area contributed by atoms with E-state index in [1.807, 2.05) is 104 Å². The van der Waals surface area contributed by atoms with Crippen LogP contribution in [0.2, 0.25) is 0 Å². The molecule has 1 heterocycles. The van der Waals surface area contributed by atoms with E-state index in [0.29, 0.717) is 38.2 Å². The van der Waals surface area contributed by atoms with Crippen molar-refractivity contribution >= 4 is 33.5 Å². The van der Waals surface area contributed by atoms with Crippen molar-refractivity contribution in [2.75, 3.05) is 26.2 Å². The van der Waals surface area contributed by atoms with E-state index in [4.69, 9.17) is 4.74 Å². The maximum Gasteiger partial charge on any atom is 0.254 e. The van der Waals surface area contributed by atoms with Crippen molar-refractivity contribution in [3.05, 3.63) is 114 Å².